The molecule has 2 nitrogen and oxygen atoms in total. The molecule has 2 aromatic rings. The molecule has 0 fully saturated rings. The van der Waals surface area contributed by atoms with Crippen molar-refractivity contribution in [3.63, 3.8) is 0 Å². The summed E-state index contributed by atoms with van der Waals surface area (Å²) < 4.78 is 0. The summed E-state index contributed by atoms with van der Waals surface area (Å²) in [5, 5.41) is 0. The van der Waals surface area contributed by atoms with Gasteiger partial charge in [0.2, 0.25) is 0 Å². The fourth-order valence-electron chi connectivity index (χ4n) is 3.15. The lowest BCUT2D eigenvalue weighted by Crippen LogP contribution is -2.26. The van der Waals surface area contributed by atoms with Crippen molar-refractivity contribution in [2.24, 2.45) is 4.99 Å². The van der Waals surface area contributed by atoms with Gasteiger partial charge in [0.05, 0.1) is 12.3 Å². The standard InChI is InChI=1S/C21H26N2S.2ClH/c1-4-23(5-2)13-12-22-21-18-9-7-6-8-17(18)15-24-20-11-10-16(3)14-19(20)21;;/h6-11,14H,4-5,12-13,15H2,1-3H3;2*1H. The molecule has 0 saturated carbocycles. The molecule has 0 spiro atoms. The Labute approximate surface area is 174 Å². The SMILES string of the molecule is CCN(CC)CCN=C1c2ccccc2CSc2ccc(C)cc21.Cl.Cl. The van der Waals surface area contributed by atoms with Crippen LogP contribution in [0.5, 0.6) is 0 Å². The van der Waals surface area contributed by atoms with Gasteiger partial charge in [-0.3, -0.25) is 4.99 Å². The van der Waals surface area contributed by atoms with E-state index in [4.69, 9.17) is 4.99 Å². The zero-order valence-corrected chi connectivity index (χ0v) is 18.1. The summed E-state index contributed by atoms with van der Waals surface area (Å²) in [6.45, 7) is 10.6. The molecule has 0 radical (unpaired) electrons. The minimum absolute atomic E-state index is 0. The third-order valence-electron chi connectivity index (χ3n) is 4.63. The largest absolute Gasteiger partial charge is 0.302 e. The Hall–Kier alpha value is -1.000. The molecule has 0 atom stereocenters. The van der Waals surface area contributed by atoms with Crippen LogP contribution in [0.2, 0.25) is 0 Å². The highest BCUT2D eigenvalue weighted by atomic mass is 35.5. The van der Waals surface area contributed by atoms with Crippen molar-refractivity contribution in [1.29, 1.82) is 0 Å². The summed E-state index contributed by atoms with van der Waals surface area (Å²) in [5.41, 5.74) is 6.45. The van der Waals surface area contributed by atoms with Crippen molar-refractivity contribution in [1.82, 2.24) is 4.90 Å². The van der Waals surface area contributed by atoms with Crippen molar-refractivity contribution < 1.29 is 0 Å². The molecule has 2 aromatic carbocycles. The number of thioether (sulfide) groups is 1. The quantitative estimate of drug-likeness (QED) is 0.634. The molecule has 0 amide bonds. The average molecular weight is 411 g/mol. The number of hydrogen-bond acceptors (Lipinski definition) is 3. The first-order valence-electron chi connectivity index (χ1n) is 8.81. The number of halogens is 2. The van der Waals surface area contributed by atoms with Crippen molar-refractivity contribution >= 4 is 42.3 Å². The van der Waals surface area contributed by atoms with Crippen molar-refractivity contribution in [2.75, 3.05) is 26.2 Å². The van der Waals surface area contributed by atoms with E-state index in [9.17, 15) is 0 Å². The number of rotatable bonds is 5. The molecule has 1 heterocycles. The lowest BCUT2D eigenvalue weighted by Gasteiger charge is -2.17. The van der Waals surface area contributed by atoms with Gasteiger partial charge in [-0.25, -0.2) is 0 Å². The van der Waals surface area contributed by atoms with E-state index in [-0.39, 0.29) is 24.8 Å². The molecule has 1 aliphatic heterocycles. The van der Waals surface area contributed by atoms with Crippen molar-refractivity contribution in [3.05, 3.63) is 64.7 Å². The highest BCUT2D eigenvalue weighted by Gasteiger charge is 2.19. The van der Waals surface area contributed by atoms with E-state index < -0.39 is 0 Å². The van der Waals surface area contributed by atoms with Crippen LogP contribution in [0.25, 0.3) is 0 Å². The van der Waals surface area contributed by atoms with Crippen LogP contribution in [0.4, 0.5) is 0 Å². The minimum atomic E-state index is 0. The lowest BCUT2D eigenvalue weighted by atomic mass is 9.97. The van der Waals surface area contributed by atoms with Crippen molar-refractivity contribution in [2.45, 2.75) is 31.4 Å². The van der Waals surface area contributed by atoms with Gasteiger partial charge in [-0.2, -0.15) is 0 Å². The second-order valence-electron chi connectivity index (χ2n) is 6.20. The Balaban J connectivity index is 0.00000169. The van der Waals surface area contributed by atoms with Crippen LogP contribution in [-0.2, 0) is 5.75 Å². The predicted octanol–water partition coefficient (Wildman–Crippen LogP) is 5.62. The fourth-order valence-corrected chi connectivity index (χ4v) is 4.18. The van der Waals surface area contributed by atoms with Crippen LogP contribution in [0, 0.1) is 6.92 Å². The van der Waals surface area contributed by atoms with Crippen LogP contribution in [0.3, 0.4) is 0 Å². The van der Waals surface area contributed by atoms with Gasteiger partial charge < -0.3 is 4.90 Å². The molecule has 26 heavy (non-hydrogen) atoms. The number of fused-ring (bicyclic) bond motifs is 2. The molecule has 0 aromatic heterocycles. The Morgan fingerprint density at radius 2 is 1.73 bits per heavy atom. The van der Waals surface area contributed by atoms with Gasteiger partial charge in [0.1, 0.15) is 0 Å². The van der Waals surface area contributed by atoms with Gasteiger partial charge in [0.25, 0.3) is 0 Å². The smallest absolute Gasteiger partial charge is 0.0733 e. The molecule has 1 aliphatic rings. The Bertz CT molecular complexity index is 743. The van der Waals surface area contributed by atoms with Gasteiger partial charge >= 0.3 is 0 Å². The Kier molecular flexibility index (Phi) is 9.73. The third kappa shape index (κ3) is 5.26. The number of aliphatic imine (C=N–C) groups is 1. The van der Waals surface area contributed by atoms with Gasteiger partial charge in [-0.05, 0) is 37.7 Å². The molecular weight excluding hydrogens is 383 g/mol. The van der Waals surface area contributed by atoms with E-state index in [0.717, 1.165) is 31.9 Å². The van der Waals surface area contributed by atoms with Gasteiger partial charge in [-0.1, -0.05) is 49.7 Å². The molecule has 5 heteroatoms. The molecule has 142 valence electrons. The normalized spacial score (nSPS) is 14.1. The molecule has 3 rings (SSSR count). The monoisotopic (exact) mass is 410 g/mol. The van der Waals surface area contributed by atoms with Crippen LogP contribution in [0.15, 0.2) is 52.4 Å². The number of nitrogens with zero attached hydrogens (tertiary/aromatic N) is 2. The Morgan fingerprint density at radius 1 is 1.00 bits per heavy atom. The maximum atomic E-state index is 5.06. The second-order valence-corrected chi connectivity index (χ2v) is 7.22. The number of hydrogen-bond donors (Lipinski definition) is 0. The summed E-state index contributed by atoms with van der Waals surface area (Å²) in [4.78, 5) is 8.84. The van der Waals surface area contributed by atoms with Gasteiger partial charge in [-0.15, -0.1) is 36.6 Å². The number of benzene rings is 2. The van der Waals surface area contributed by atoms with Crippen LogP contribution in [-0.4, -0.2) is 36.8 Å². The molecule has 0 N–H and O–H groups in total. The number of likely N-dealkylation sites (N-methyl/N-ethyl adjacent to an activating group) is 1. The van der Waals surface area contributed by atoms with Crippen molar-refractivity contribution in [3.8, 4) is 0 Å². The number of aryl methyl sites for hydroxylation is 1. The summed E-state index contributed by atoms with van der Waals surface area (Å²) in [6.07, 6.45) is 0. The van der Waals surface area contributed by atoms with E-state index in [1.807, 2.05) is 11.8 Å². The summed E-state index contributed by atoms with van der Waals surface area (Å²) >= 11 is 1.92. The molecule has 0 aliphatic carbocycles. The lowest BCUT2D eigenvalue weighted by molar-refractivity contribution is 0.313. The first kappa shape index (κ1) is 23.0. The second kappa shape index (κ2) is 11.0. The van der Waals surface area contributed by atoms with Gasteiger partial charge in [0, 0.05) is 28.3 Å². The molecule has 0 bridgehead atoms. The van der Waals surface area contributed by atoms with Crippen LogP contribution < -0.4 is 0 Å². The maximum Gasteiger partial charge on any atom is 0.0733 e. The predicted molar refractivity (Wildman–Crippen MR) is 120 cm³/mol. The van der Waals surface area contributed by atoms with E-state index in [1.165, 1.54) is 32.9 Å². The van der Waals surface area contributed by atoms with E-state index in [2.05, 4.69) is 68.1 Å². The third-order valence-corrected chi connectivity index (χ3v) is 5.75. The van der Waals surface area contributed by atoms with E-state index in [1.54, 1.807) is 0 Å². The van der Waals surface area contributed by atoms with Crippen LogP contribution >= 0.6 is 36.6 Å². The highest BCUT2D eigenvalue weighted by Crippen LogP contribution is 2.34. The first-order valence-corrected chi connectivity index (χ1v) is 9.80. The molecule has 0 saturated heterocycles. The molecule has 0 unspecified atom stereocenters. The first-order chi connectivity index (χ1) is 11.7. The zero-order valence-electron chi connectivity index (χ0n) is 15.7. The fraction of sp³-hybridized carbons (Fsp3) is 0.381. The molecular formula is C21H28Cl2N2S. The maximum absolute atomic E-state index is 5.06. The zero-order chi connectivity index (χ0) is 16.9. The summed E-state index contributed by atoms with van der Waals surface area (Å²) in [7, 11) is 0. The van der Waals surface area contributed by atoms with E-state index >= 15 is 0 Å². The average Bonchev–Trinajstić information content (AvgIpc) is 2.76. The highest BCUT2D eigenvalue weighted by molar-refractivity contribution is 7.98. The van der Waals surface area contributed by atoms with Crippen LogP contribution in [0.1, 0.15) is 36.1 Å². The summed E-state index contributed by atoms with van der Waals surface area (Å²) in [6, 6.07) is 15.5. The topological polar surface area (TPSA) is 15.6 Å². The van der Waals surface area contributed by atoms with E-state index in [0.29, 0.717) is 0 Å². The Morgan fingerprint density at radius 3 is 2.46 bits per heavy atom. The summed E-state index contributed by atoms with van der Waals surface area (Å²) in [5.74, 6) is 1.02. The minimum Gasteiger partial charge on any atom is -0.302 e. The van der Waals surface area contributed by atoms with Gasteiger partial charge in [0.15, 0.2) is 0 Å².